The third-order valence-electron chi connectivity index (χ3n) is 4.86. The molecule has 156 valence electrons. The molecule has 29 heavy (non-hydrogen) atoms. The van der Waals surface area contributed by atoms with Gasteiger partial charge in [-0.3, -0.25) is 14.5 Å². The quantitative estimate of drug-likeness (QED) is 0.321. The minimum atomic E-state index is -4.07. The largest absolute Gasteiger partial charge is 0.477 e. The average molecular weight is 535 g/mol. The molecule has 0 aromatic heterocycles. The average Bonchev–Trinajstić information content (AvgIpc) is 2.62. The number of benzene rings is 1. The van der Waals surface area contributed by atoms with E-state index in [9.17, 15) is 27.9 Å². The van der Waals surface area contributed by atoms with Crippen molar-refractivity contribution in [1.82, 2.24) is 4.90 Å². The molecule has 1 unspecified atom stereocenters. The van der Waals surface area contributed by atoms with Gasteiger partial charge in [-0.05, 0) is 46.7 Å². The fourth-order valence-electron chi connectivity index (χ4n) is 3.58. The van der Waals surface area contributed by atoms with Gasteiger partial charge in [0.2, 0.25) is 0 Å². The first-order chi connectivity index (χ1) is 13.6. The van der Waals surface area contributed by atoms with Gasteiger partial charge < -0.3 is 14.6 Å². The summed E-state index contributed by atoms with van der Waals surface area (Å²) in [6.45, 7) is 0.588. The van der Waals surface area contributed by atoms with Gasteiger partial charge in [0.05, 0.1) is 5.25 Å². The van der Waals surface area contributed by atoms with E-state index in [1.165, 1.54) is 7.11 Å². The first-order valence-electron chi connectivity index (χ1n) is 8.52. The van der Waals surface area contributed by atoms with Crippen LogP contribution in [0, 0.1) is 3.57 Å². The highest BCUT2D eigenvalue weighted by molar-refractivity contribution is 14.1. The lowest BCUT2D eigenvalue weighted by Gasteiger charge is -2.50. The van der Waals surface area contributed by atoms with Crippen molar-refractivity contribution in [2.24, 2.45) is 0 Å². The highest BCUT2D eigenvalue weighted by Crippen LogP contribution is 2.42. The minimum absolute atomic E-state index is 0.0263. The van der Waals surface area contributed by atoms with E-state index < -0.39 is 56.7 Å². The number of sulfone groups is 1. The molecule has 1 aromatic rings. The monoisotopic (exact) mass is 535 g/mol. The second kappa shape index (κ2) is 8.03. The predicted octanol–water partition coefficient (Wildman–Crippen LogP) is 0.716. The molecule has 11 heteroatoms. The first-order valence-corrected chi connectivity index (χ1v) is 11.2. The van der Waals surface area contributed by atoms with Crippen LogP contribution >= 0.6 is 22.6 Å². The van der Waals surface area contributed by atoms with Crippen molar-refractivity contribution in [2.45, 2.75) is 30.1 Å². The van der Waals surface area contributed by atoms with Crippen LogP contribution in [0.2, 0.25) is 0 Å². The zero-order valence-electron chi connectivity index (χ0n) is 15.5. The van der Waals surface area contributed by atoms with Gasteiger partial charge in [0.15, 0.2) is 21.3 Å². The van der Waals surface area contributed by atoms with E-state index in [1.54, 1.807) is 18.2 Å². The zero-order chi connectivity index (χ0) is 21.5. The second-order valence-electron chi connectivity index (χ2n) is 6.63. The fourth-order valence-corrected chi connectivity index (χ4v) is 6.60. The summed E-state index contributed by atoms with van der Waals surface area (Å²) in [6.07, 6.45) is -1.30. The van der Waals surface area contributed by atoms with E-state index in [0.29, 0.717) is 5.56 Å². The van der Waals surface area contributed by atoms with Crippen LogP contribution in [0.15, 0.2) is 35.5 Å². The Morgan fingerprint density at radius 1 is 1.31 bits per heavy atom. The number of β-lactam (4-membered cyclic amide) rings is 1. The molecule has 0 aliphatic carbocycles. The molecule has 1 saturated heterocycles. The van der Waals surface area contributed by atoms with E-state index in [0.717, 1.165) is 15.4 Å². The smallest absolute Gasteiger partial charge is 0.352 e. The molecule has 3 rings (SSSR count). The molecular weight excluding hydrogens is 517 g/mol. The number of carboxylic acids is 1. The number of fused-ring (bicyclic) bond motifs is 1. The maximum Gasteiger partial charge on any atom is 0.352 e. The normalized spacial score (nSPS) is 25.3. The summed E-state index contributed by atoms with van der Waals surface area (Å²) >= 11 is 2.09. The number of hydrogen-bond donors (Lipinski definition) is 1. The number of methoxy groups -OCH3 is 1. The Morgan fingerprint density at radius 3 is 2.55 bits per heavy atom. The summed E-state index contributed by atoms with van der Waals surface area (Å²) in [4.78, 5) is 36.4. The van der Waals surface area contributed by atoms with Gasteiger partial charge in [-0.15, -0.1) is 0 Å². The number of esters is 1. The van der Waals surface area contributed by atoms with Crippen LogP contribution in [0.3, 0.4) is 0 Å². The number of carbonyl (C=O) groups is 3. The maximum absolute atomic E-state index is 13.4. The Kier molecular flexibility index (Phi) is 6.01. The third kappa shape index (κ3) is 3.78. The summed E-state index contributed by atoms with van der Waals surface area (Å²) < 4.78 is 37.6. The van der Waals surface area contributed by atoms with Crippen molar-refractivity contribution in [3.05, 3.63) is 44.7 Å². The molecule has 9 nitrogen and oxygen atoms in total. The van der Waals surface area contributed by atoms with Crippen molar-refractivity contribution in [2.75, 3.05) is 13.7 Å². The van der Waals surface area contributed by atoms with Gasteiger partial charge in [-0.2, -0.15) is 0 Å². The molecule has 3 atom stereocenters. The Hall–Kier alpha value is -1.99. The second-order valence-corrected chi connectivity index (χ2v) is 10.1. The number of rotatable bonds is 6. The number of hydrogen-bond acceptors (Lipinski definition) is 7. The SMILES string of the molecule is CO[C@H]1C(=O)N2C(C(=O)O)=C(COC(C)=O)C(Cc3cccc(I)c3)S(=O)(=O)[C@H]12. The summed E-state index contributed by atoms with van der Waals surface area (Å²) in [7, 11) is -2.87. The molecule has 1 N–H and O–H groups in total. The number of carboxylic acid groups (broad SMARTS) is 1. The summed E-state index contributed by atoms with van der Waals surface area (Å²) in [5, 5.41) is 7.03. The van der Waals surface area contributed by atoms with Crippen molar-refractivity contribution >= 4 is 50.3 Å². The lowest BCUT2D eigenvalue weighted by Crippen LogP contribution is -2.72. The van der Waals surface area contributed by atoms with Gasteiger partial charge in [0, 0.05) is 23.2 Å². The Bertz CT molecular complexity index is 1020. The van der Waals surface area contributed by atoms with Crippen molar-refractivity contribution < 1.29 is 37.4 Å². The zero-order valence-corrected chi connectivity index (χ0v) is 18.5. The summed E-state index contributed by atoms with van der Waals surface area (Å²) in [6, 6.07) is 7.11. The molecule has 1 aromatic carbocycles. The molecule has 0 radical (unpaired) electrons. The van der Waals surface area contributed by atoms with Crippen LogP contribution in [-0.4, -0.2) is 66.7 Å². The van der Waals surface area contributed by atoms with Crippen molar-refractivity contribution in [3.8, 4) is 0 Å². The molecular formula is C18H18INO8S. The van der Waals surface area contributed by atoms with E-state index in [-0.39, 0.29) is 12.0 Å². The lowest BCUT2D eigenvalue weighted by atomic mass is 9.98. The summed E-state index contributed by atoms with van der Waals surface area (Å²) in [5.41, 5.74) is 0.0642. The molecule has 0 spiro atoms. The number of nitrogens with zero attached hydrogens (tertiary/aromatic N) is 1. The molecule has 0 saturated carbocycles. The highest BCUT2D eigenvalue weighted by atomic mass is 127. The molecule has 1 amide bonds. The van der Waals surface area contributed by atoms with E-state index in [4.69, 9.17) is 9.47 Å². The van der Waals surface area contributed by atoms with Crippen LogP contribution < -0.4 is 0 Å². The first kappa shape index (κ1) is 21.7. The highest BCUT2D eigenvalue weighted by Gasteiger charge is 2.63. The van der Waals surface area contributed by atoms with E-state index in [1.807, 2.05) is 6.07 Å². The van der Waals surface area contributed by atoms with Crippen molar-refractivity contribution in [1.29, 1.82) is 0 Å². The van der Waals surface area contributed by atoms with E-state index >= 15 is 0 Å². The van der Waals surface area contributed by atoms with Gasteiger partial charge in [0.1, 0.15) is 12.3 Å². The van der Waals surface area contributed by atoms with Crippen LogP contribution in [0.4, 0.5) is 0 Å². The number of ether oxygens (including phenoxy) is 2. The van der Waals surface area contributed by atoms with Crippen LogP contribution in [-0.2, 0) is 40.1 Å². The number of halogens is 1. The third-order valence-corrected chi connectivity index (χ3v) is 7.91. The Morgan fingerprint density at radius 2 is 2.00 bits per heavy atom. The molecule has 2 aliphatic heterocycles. The van der Waals surface area contributed by atoms with Gasteiger partial charge in [-0.25, -0.2) is 13.2 Å². The van der Waals surface area contributed by atoms with Gasteiger partial charge in [-0.1, -0.05) is 12.1 Å². The fraction of sp³-hybridized carbons (Fsp3) is 0.389. The molecule has 2 aliphatic rings. The maximum atomic E-state index is 13.4. The van der Waals surface area contributed by atoms with Crippen LogP contribution in [0.25, 0.3) is 0 Å². The van der Waals surface area contributed by atoms with Crippen LogP contribution in [0.1, 0.15) is 12.5 Å². The Balaban J connectivity index is 2.17. The number of amides is 1. The molecule has 2 heterocycles. The molecule has 1 fully saturated rings. The molecule has 0 bridgehead atoms. The predicted molar refractivity (Wildman–Crippen MR) is 108 cm³/mol. The van der Waals surface area contributed by atoms with Gasteiger partial charge >= 0.3 is 11.9 Å². The topological polar surface area (TPSA) is 127 Å². The van der Waals surface area contributed by atoms with Gasteiger partial charge in [0.25, 0.3) is 5.91 Å². The van der Waals surface area contributed by atoms with E-state index in [2.05, 4.69) is 22.6 Å². The van der Waals surface area contributed by atoms with Crippen molar-refractivity contribution in [3.63, 3.8) is 0 Å². The Labute approximate surface area is 180 Å². The number of carbonyl (C=O) groups excluding carboxylic acids is 2. The number of aliphatic carboxylic acids is 1. The lowest BCUT2D eigenvalue weighted by molar-refractivity contribution is -0.163. The standard InChI is InChI=1S/C18H18INO8S/c1-9(21)28-8-12-13(7-10-4-3-5-11(19)6-10)29(25,26)17-15(27-2)16(22)20(17)14(12)18(23)24/h3-6,13,15,17H,7-8H2,1-2H3,(H,23,24)/t13?,15-,17+/m0/s1. The summed E-state index contributed by atoms with van der Waals surface area (Å²) in [5.74, 6) is -2.92. The van der Waals surface area contributed by atoms with Crippen LogP contribution in [0.5, 0.6) is 0 Å². The minimum Gasteiger partial charge on any atom is -0.477 e.